The summed E-state index contributed by atoms with van der Waals surface area (Å²) >= 11 is 1.20. The van der Waals surface area contributed by atoms with Crippen LogP contribution in [0.4, 0.5) is 5.13 Å². The number of nitrogens with zero attached hydrogens (tertiary/aromatic N) is 3. The lowest BCUT2D eigenvalue weighted by Crippen LogP contribution is -2.42. The number of nitrogens with one attached hydrogen (secondary N) is 1. The van der Waals surface area contributed by atoms with Crippen molar-refractivity contribution in [3.8, 4) is 0 Å². The van der Waals surface area contributed by atoms with Gasteiger partial charge in [-0.15, -0.1) is 11.3 Å². The van der Waals surface area contributed by atoms with Crippen molar-refractivity contribution in [2.75, 3.05) is 5.01 Å². The number of rotatable bonds is 4. The van der Waals surface area contributed by atoms with Gasteiger partial charge in [-0.2, -0.15) is 5.01 Å². The van der Waals surface area contributed by atoms with Gasteiger partial charge < -0.3 is 4.42 Å². The lowest BCUT2D eigenvalue weighted by Gasteiger charge is -2.15. The molecule has 7 nitrogen and oxygen atoms in total. The monoisotopic (exact) mass is 238 g/mol. The van der Waals surface area contributed by atoms with Crippen molar-refractivity contribution in [2.24, 2.45) is 0 Å². The van der Waals surface area contributed by atoms with Crippen molar-refractivity contribution < 1.29 is 14.0 Å². The average molecular weight is 238 g/mol. The van der Waals surface area contributed by atoms with Crippen molar-refractivity contribution in [1.82, 2.24) is 15.4 Å². The molecule has 0 atom stereocenters. The predicted octanol–water partition coefficient (Wildman–Crippen LogP) is 0.439. The van der Waals surface area contributed by atoms with Gasteiger partial charge in [0.05, 0.1) is 6.20 Å². The minimum Gasteiger partial charge on any atom is -0.441 e. The first-order chi connectivity index (χ1) is 7.83. The fourth-order valence-electron chi connectivity index (χ4n) is 1.00. The quantitative estimate of drug-likeness (QED) is 0.616. The Hall–Kier alpha value is -2.22. The summed E-state index contributed by atoms with van der Waals surface area (Å²) in [5.74, 6) is -0.711. The second-order valence-electron chi connectivity index (χ2n) is 2.54. The number of amides is 2. The molecule has 0 unspecified atom stereocenters. The molecule has 2 amide bonds. The Morgan fingerprint density at radius 2 is 2.38 bits per heavy atom. The highest BCUT2D eigenvalue weighted by atomic mass is 32.1. The largest absolute Gasteiger partial charge is 0.441 e. The molecule has 0 radical (unpaired) electrons. The van der Waals surface area contributed by atoms with Crippen molar-refractivity contribution in [1.29, 1.82) is 0 Å². The van der Waals surface area contributed by atoms with Gasteiger partial charge >= 0.3 is 5.91 Å². The molecule has 2 aromatic heterocycles. The number of thiazole rings is 1. The summed E-state index contributed by atoms with van der Waals surface area (Å²) in [6.45, 7) is 0. The molecule has 0 aromatic carbocycles. The van der Waals surface area contributed by atoms with Crippen LogP contribution in [0, 0.1) is 0 Å². The van der Waals surface area contributed by atoms with Crippen LogP contribution in [0.25, 0.3) is 0 Å². The van der Waals surface area contributed by atoms with Crippen molar-refractivity contribution in [2.45, 2.75) is 0 Å². The maximum atomic E-state index is 11.8. The number of oxazole rings is 1. The van der Waals surface area contributed by atoms with E-state index in [9.17, 15) is 9.59 Å². The number of hydrogen-bond donors (Lipinski definition) is 1. The Kier molecular flexibility index (Phi) is 2.92. The lowest BCUT2D eigenvalue weighted by molar-refractivity contribution is -0.109. The third-order valence-corrected chi connectivity index (χ3v) is 2.37. The molecule has 2 heterocycles. The fraction of sp³-hybridized carbons (Fsp3) is 0. The molecule has 16 heavy (non-hydrogen) atoms. The SMILES string of the molecule is O=CNN(C(=O)c1ncco1)c1nccs1. The Labute approximate surface area is 93.7 Å². The molecular weight excluding hydrogens is 232 g/mol. The van der Waals surface area contributed by atoms with Crippen molar-refractivity contribution in [3.05, 3.63) is 29.9 Å². The topological polar surface area (TPSA) is 88.3 Å². The van der Waals surface area contributed by atoms with Gasteiger partial charge in [-0.1, -0.05) is 0 Å². The number of carbonyl (C=O) groups is 2. The van der Waals surface area contributed by atoms with Gasteiger partial charge in [-0.05, 0) is 0 Å². The maximum absolute atomic E-state index is 11.8. The van der Waals surface area contributed by atoms with Crippen LogP contribution in [0.2, 0.25) is 0 Å². The first-order valence-electron chi connectivity index (χ1n) is 4.16. The van der Waals surface area contributed by atoms with Gasteiger partial charge in [0.2, 0.25) is 11.5 Å². The summed E-state index contributed by atoms with van der Waals surface area (Å²) in [4.78, 5) is 29.8. The summed E-state index contributed by atoms with van der Waals surface area (Å²) in [7, 11) is 0. The highest BCUT2D eigenvalue weighted by Gasteiger charge is 2.23. The van der Waals surface area contributed by atoms with E-state index in [1.165, 1.54) is 30.0 Å². The molecule has 0 saturated carbocycles. The smallest absolute Gasteiger partial charge is 0.334 e. The minimum atomic E-state index is -0.591. The fourth-order valence-corrected chi connectivity index (χ4v) is 1.61. The normalized spacial score (nSPS) is 9.75. The van der Waals surface area contributed by atoms with E-state index in [0.717, 1.165) is 5.01 Å². The lowest BCUT2D eigenvalue weighted by atomic mass is 10.6. The molecule has 0 bridgehead atoms. The third-order valence-electron chi connectivity index (χ3n) is 1.61. The van der Waals surface area contributed by atoms with E-state index in [0.29, 0.717) is 11.5 Å². The van der Waals surface area contributed by atoms with Gasteiger partial charge in [0, 0.05) is 11.6 Å². The number of hydrazine groups is 1. The van der Waals surface area contributed by atoms with E-state index >= 15 is 0 Å². The van der Waals surface area contributed by atoms with Gasteiger partial charge in [0.25, 0.3) is 5.89 Å². The molecule has 0 saturated heterocycles. The Morgan fingerprint density at radius 3 is 2.94 bits per heavy atom. The van der Waals surface area contributed by atoms with E-state index in [2.05, 4.69) is 15.4 Å². The Bertz CT molecular complexity index is 467. The van der Waals surface area contributed by atoms with Crippen LogP contribution in [0.3, 0.4) is 0 Å². The molecule has 82 valence electrons. The summed E-state index contributed by atoms with van der Waals surface area (Å²) in [5, 5.41) is 2.97. The van der Waals surface area contributed by atoms with Crippen molar-refractivity contribution >= 4 is 28.8 Å². The highest BCUT2D eigenvalue weighted by Crippen LogP contribution is 2.17. The van der Waals surface area contributed by atoms with Crippen molar-refractivity contribution in [3.63, 3.8) is 0 Å². The molecule has 2 aromatic rings. The number of hydrogen-bond acceptors (Lipinski definition) is 6. The first-order valence-corrected chi connectivity index (χ1v) is 5.04. The number of aromatic nitrogens is 2. The maximum Gasteiger partial charge on any atom is 0.334 e. The third kappa shape index (κ3) is 1.91. The van der Waals surface area contributed by atoms with Gasteiger partial charge in [-0.25, -0.2) is 9.97 Å². The van der Waals surface area contributed by atoms with Crippen LogP contribution < -0.4 is 10.4 Å². The minimum absolute atomic E-state index is 0.121. The standard InChI is InChI=1S/C8H6N4O3S/c13-5-11-12(8-10-2-4-16-8)7(14)6-9-1-3-15-6/h1-5H,(H,11,13). The molecule has 1 N–H and O–H groups in total. The second kappa shape index (κ2) is 4.53. The molecule has 2 rings (SSSR count). The van der Waals surface area contributed by atoms with E-state index in [4.69, 9.17) is 4.42 Å². The Balaban J connectivity index is 2.27. The highest BCUT2D eigenvalue weighted by molar-refractivity contribution is 7.13. The zero-order valence-corrected chi connectivity index (χ0v) is 8.68. The number of anilines is 1. The number of carbonyl (C=O) groups excluding carboxylic acids is 2. The van der Waals surface area contributed by atoms with Crippen LogP contribution in [0.1, 0.15) is 10.7 Å². The summed E-state index contributed by atoms with van der Waals surface area (Å²) < 4.78 is 4.84. The molecular formula is C8H6N4O3S. The molecule has 0 aliphatic carbocycles. The van der Waals surface area contributed by atoms with Crippen LogP contribution in [-0.4, -0.2) is 22.3 Å². The van der Waals surface area contributed by atoms with E-state index in [1.807, 2.05) is 0 Å². The van der Waals surface area contributed by atoms with E-state index in [-0.39, 0.29) is 5.89 Å². The first kappa shape index (κ1) is 10.3. The molecule has 0 aliphatic rings. The van der Waals surface area contributed by atoms with Crippen LogP contribution in [-0.2, 0) is 4.79 Å². The summed E-state index contributed by atoms with van der Waals surface area (Å²) in [6.07, 6.45) is 4.51. The predicted molar refractivity (Wildman–Crippen MR) is 54.6 cm³/mol. The second-order valence-corrected chi connectivity index (χ2v) is 3.41. The van der Waals surface area contributed by atoms with Crippen LogP contribution >= 0.6 is 11.3 Å². The zero-order chi connectivity index (χ0) is 11.4. The molecule has 0 aliphatic heterocycles. The molecule has 8 heteroatoms. The van der Waals surface area contributed by atoms with Gasteiger partial charge in [-0.3, -0.25) is 15.0 Å². The van der Waals surface area contributed by atoms with Crippen LogP contribution in [0.5, 0.6) is 0 Å². The summed E-state index contributed by atoms with van der Waals surface area (Å²) in [6, 6.07) is 0. The zero-order valence-electron chi connectivity index (χ0n) is 7.86. The summed E-state index contributed by atoms with van der Waals surface area (Å²) in [5.41, 5.74) is 2.22. The molecule has 0 spiro atoms. The van der Waals surface area contributed by atoms with Gasteiger partial charge in [0.1, 0.15) is 6.26 Å². The average Bonchev–Trinajstić information content (AvgIpc) is 2.96. The van der Waals surface area contributed by atoms with Crippen LogP contribution in [0.15, 0.2) is 28.5 Å². The molecule has 0 fully saturated rings. The Morgan fingerprint density at radius 1 is 1.50 bits per heavy atom. The van der Waals surface area contributed by atoms with Gasteiger partial charge in [0.15, 0.2) is 0 Å². The van der Waals surface area contributed by atoms with E-state index < -0.39 is 5.91 Å². The van der Waals surface area contributed by atoms with E-state index in [1.54, 1.807) is 5.38 Å².